The smallest absolute Gasteiger partial charge is 0.359 e. The summed E-state index contributed by atoms with van der Waals surface area (Å²) in [7, 11) is 0. The molecule has 1 rings (SSSR count). The van der Waals surface area contributed by atoms with Gasteiger partial charge in [-0.05, 0) is 12.1 Å². The second-order valence-electron chi connectivity index (χ2n) is 2.30. The molecule has 1 aromatic heterocycles. The fourth-order valence-electron chi connectivity index (χ4n) is 0.781. The van der Waals surface area contributed by atoms with E-state index in [1.54, 1.807) is 0 Å². The van der Waals surface area contributed by atoms with Gasteiger partial charge in [0.15, 0.2) is 5.78 Å². The summed E-state index contributed by atoms with van der Waals surface area (Å²) < 4.78 is 35.0. The number of hydrogen-bond donors (Lipinski definition) is 1. The van der Waals surface area contributed by atoms with Crippen molar-refractivity contribution in [3.8, 4) is 0 Å². The monoisotopic (exact) mass is 177 g/mol. The van der Waals surface area contributed by atoms with Gasteiger partial charge in [-0.15, -0.1) is 0 Å². The molecule has 0 atom stereocenters. The van der Waals surface area contributed by atoms with Crippen LogP contribution in [0.5, 0.6) is 0 Å². The number of nitrogens with one attached hydrogen (secondary N) is 1. The van der Waals surface area contributed by atoms with E-state index in [4.69, 9.17) is 0 Å². The lowest BCUT2D eigenvalue weighted by Gasteiger charge is -2.02. The fraction of sp³-hybridized carbons (Fsp3) is 0.286. The van der Waals surface area contributed by atoms with Crippen molar-refractivity contribution >= 4 is 5.78 Å². The van der Waals surface area contributed by atoms with Crippen LogP contribution >= 0.6 is 0 Å². The Kier molecular flexibility index (Phi) is 2.21. The Bertz CT molecular complexity index is 263. The number of aromatic amines is 1. The molecule has 1 heterocycles. The number of alkyl halides is 3. The molecule has 0 aliphatic carbocycles. The second kappa shape index (κ2) is 3.00. The first kappa shape index (κ1) is 8.83. The van der Waals surface area contributed by atoms with Crippen LogP contribution in [0.3, 0.4) is 0 Å². The van der Waals surface area contributed by atoms with E-state index in [2.05, 4.69) is 4.98 Å². The number of Topliss-reactive ketones (excluding diaryl/α,β-unsaturated/α-hetero) is 1. The van der Waals surface area contributed by atoms with Gasteiger partial charge in [-0.3, -0.25) is 4.79 Å². The molecule has 0 unspecified atom stereocenters. The van der Waals surface area contributed by atoms with Gasteiger partial charge in [0.2, 0.25) is 0 Å². The van der Waals surface area contributed by atoms with Gasteiger partial charge in [0, 0.05) is 6.20 Å². The molecule has 0 spiro atoms. The number of ketones is 1. The van der Waals surface area contributed by atoms with Crippen molar-refractivity contribution < 1.29 is 18.0 Å². The van der Waals surface area contributed by atoms with Crippen molar-refractivity contribution in [1.82, 2.24) is 4.98 Å². The molecule has 5 heteroatoms. The minimum atomic E-state index is -4.43. The largest absolute Gasteiger partial charge is 0.396 e. The van der Waals surface area contributed by atoms with E-state index in [0.29, 0.717) is 0 Å². The Balaban J connectivity index is 2.63. The number of H-pyrrole nitrogens is 1. The quantitative estimate of drug-likeness (QED) is 0.689. The highest BCUT2D eigenvalue weighted by Gasteiger charge is 2.31. The Morgan fingerprint density at radius 1 is 1.50 bits per heavy atom. The highest BCUT2D eigenvalue weighted by Crippen LogP contribution is 2.21. The van der Waals surface area contributed by atoms with Crippen molar-refractivity contribution in [2.45, 2.75) is 12.6 Å². The fourth-order valence-corrected chi connectivity index (χ4v) is 0.781. The first-order valence-electron chi connectivity index (χ1n) is 3.22. The summed E-state index contributed by atoms with van der Waals surface area (Å²) in [6.07, 6.45) is -4.43. The van der Waals surface area contributed by atoms with Crippen LogP contribution < -0.4 is 0 Å². The number of carbonyl (C=O) groups is 1. The third-order valence-corrected chi connectivity index (χ3v) is 1.26. The molecule has 0 saturated heterocycles. The first-order valence-corrected chi connectivity index (χ1v) is 3.22. The standard InChI is InChI=1S/C7H6F3NO/c8-7(9,10)4-6(12)5-2-1-3-11-5/h1-3,11H,4H2. The van der Waals surface area contributed by atoms with Gasteiger partial charge >= 0.3 is 6.18 Å². The maximum atomic E-state index is 11.7. The van der Waals surface area contributed by atoms with Gasteiger partial charge in [0.25, 0.3) is 0 Å². The van der Waals surface area contributed by atoms with Gasteiger partial charge in [-0.1, -0.05) is 0 Å². The minimum absolute atomic E-state index is 0.00711. The van der Waals surface area contributed by atoms with E-state index < -0.39 is 18.4 Å². The van der Waals surface area contributed by atoms with Crippen molar-refractivity contribution in [3.63, 3.8) is 0 Å². The third kappa shape index (κ3) is 2.41. The van der Waals surface area contributed by atoms with Gasteiger partial charge in [-0.2, -0.15) is 13.2 Å². The zero-order valence-corrected chi connectivity index (χ0v) is 5.98. The van der Waals surface area contributed by atoms with E-state index in [0.717, 1.165) is 0 Å². The number of hydrogen-bond acceptors (Lipinski definition) is 1. The topological polar surface area (TPSA) is 32.9 Å². The molecule has 0 fully saturated rings. The normalized spacial score (nSPS) is 11.6. The highest BCUT2D eigenvalue weighted by atomic mass is 19.4. The average molecular weight is 177 g/mol. The molecule has 12 heavy (non-hydrogen) atoms. The molecule has 0 saturated carbocycles. The Morgan fingerprint density at radius 2 is 2.17 bits per heavy atom. The predicted octanol–water partition coefficient (Wildman–Crippen LogP) is 2.15. The Labute approximate surface area is 66.4 Å². The first-order chi connectivity index (χ1) is 5.49. The number of rotatable bonds is 2. The maximum Gasteiger partial charge on any atom is 0.396 e. The zero-order chi connectivity index (χ0) is 9.19. The minimum Gasteiger partial charge on any atom is -0.359 e. The van der Waals surface area contributed by atoms with Crippen molar-refractivity contribution in [2.24, 2.45) is 0 Å². The summed E-state index contributed by atoms with van der Waals surface area (Å²) in [6.45, 7) is 0. The van der Waals surface area contributed by atoms with Gasteiger partial charge < -0.3 is 4.98 Å². The van der Waals surface area contributed by atoms with Gasteiger partial charge in [-0.25, -0.2) is 0 Å². The van der Waals surface area contributed by atoms with E-state index in [9.17, 15) is 18.0 Å². The Hall–Kier alpha value is -1.26. The summed E-state index contributed by atoms with van der Waals surface area (Å²) in [4.78, 5) is 13.2. The summed E-state index contributed by atoms with van der Waals surface area (Å²) in [5.74, 6) is -0.938. The van der Waals surface area contributed by atoms with Crippen molar-refractivity contribution in [3.05, 3.63) is 24.0 Å². The van der Waals surface area contributed by atoms with Crippen LogP contribution in [0.15, 0.2) is 18.3 Å². The summed E-state index contributed by atoms with van der Waals surface area (Å²) in [6, 6.07) is 2.79. The Morgan fingerprint density at radius 3 is 2.58 bits per heavy atom. The van der Waals surface area contributed by atoms with Crippen molar-refractivity contribution in [2.75, 3.05) is 0 Å². The van der Waals surface area contributed by atoms with Crippen LogP contribution in [0, 0.1) is 0 Å². The summed E-state index contributed by atoms with van der Waals surface area (Å²) in [5.41, 5.74) is -0.00711. The van der Waals surface area contributed by atoms with Gasteiger partial charge in [0.1, 0.15) is 6.42 Å². The SMILES string of the molecule is O=C(CC(F)(F)F)c1ccc[nH]1. The number of halogens is 3. The third-order valence-electron chi connectivity index (χ3n) is 1.26. The number of carbonyl (C=O) groups excluding carboxylic acids is 1. The van der Waals surface area contributed by atoms with Crippen LogP contribution in [0.25, 0.3) is 0 Å². The molecular formula is C7H6F3NO. The summed E-state index contributed by atoms with van der Waals surface area (Å²) >= 11 is 0. The lowest BCUT2D eigenvalue weighted by atomic mass is 10.2. The molecule has 1 N–H and O–H groups in total. The van der Waals surface area contributed by atoms with E-state index in [1.165, 1.54) is 18.3 Å². The average Bonchev–Trinajstić information content (AvgIpc) is 2.32. The predicted molar refractivity (Wildman–Crippen MR) is 35.8 cm³/mol. The molecule has 0 aliphatic rings. The van der Waals surface area contributed by atoms with E-state index in [1.807, 2.05) is 0 Å². The van der Waals surface area contributed by atoms with Crippen LogP contribution in [0.2, 0.25) is 0 Å². The van der Waals surface area contributed by atoms with Crippen LogP contribution in [0.1, 0.15) is 16.9 Å². The zero-order valence-electron chi connectivity index (χ0n) is 5.98. The molecule has 0 radical (unpaired) electrons. The maximum absolute atomic E-state index is 11.7. The van der Waals surface area contributed by atoms with Gasteiger partial charge in [0.05, 0.1) is 5.69 Å². The number of aromatic nitrogens is 1. The molecule has 0 amide bonds. The highest BCUT2D eigenvalue weighted by molar-refractivity contribution is 5.94. The summed E-state index contributed by atoms with van der Waals surface area (Å²) in [5, 5.41) is 0. The molecule has 0 aromatic carbocycles. The van der Waals surface area contributed by atoms with Crippen LogP contribution in [0.4, 0.5) is 13.2 Å². The molecule has 1 aromatic rings. The molecule has 0 aliphatic heterocycles. The lowest BCUT2D eigenvalue weighted by Crippen LogP contribution is -2.15. The molecule has 66 valence electrons. The van der Waals surface area contributed by atoms with E-state index >= 15 is 0 Å². The molecular weight excluding hydrogens is 171 g/mol. The lowest BCUT2D eigenvalue weighted by molar-refractivity contribution is -0.125. The van der Waals surface area contributed by atoms with E-state index in [-0.39, 0.29) is 5.69 Å². The van der Waals surface area contributed by atoms with Crippen LogP contribution in [-0.2, 0) is 0 Å². The molecule has 0 bridgehead atoms. The van der Waals surface area contributed by atoms with Crippen molar-refractivity contribution in [1.29, 1.82) is 0 Å². The molecule has 2 nitrogen and oxygen atoms in total. The second-order valence-corrected chi connectivity index (χ2v) is 2.30. The van der Waals surface area contributed by atoms with Crippen LogP contribution in [-0.4, -0.2) is 16.9 Å².